The molecule has 0 unspecified atom stereocenters. The third-order valence-corrected chi connectivity index (χ3v) is 4.59. The molecule has 0 spiro atoms. The molecular formula is C15H9ClFIN2O. The highest BCUT2D eigenvalue weighted by Gasteiger charge is 2.18. The van der Waals surface area contributed by atoms with Gasteiger partial charge in [0.25, 0.3) is 0 Å². The van der Waals surface area contributed by atoms with Crippen molar-refractivity contribution >= 4 is 40.0 Å². The molecule has 3 aromatic rings. The van der Waals surface area contributed by atoms with Crippen LogP contribution in [0.25, 0.3) is 22.5 Å². The lowest BCUT2D eigenvalue weighted by atomic mass is 10.0. The van der Waals surface area contributed by atoms with E-state index in [2.05, 4.69) is 27.7 Å². The average Bonchev–Trinajstić information content (AvgIpc) is 2.84. The van der Waals surface area contributed by atoms with Gasteiger partial charge in [-0.25, -0.2) is 4.39 Å². The van der Waals surface area contributed by atoms with Crippen LogP contribution in [-0.2, 0) is 0 Å². The molecule has 2 aromatic carbocycles. The highest BCUT2D eigenvalue weighted by atomic mass is 127. The number of benzene rings is 2. The highest BCUT2D eigenvalue weighted by molar-refractivity contribution is 14.1. The number of nitrogens with two attached hydrogens (primary N) is 1. The van der Waals surface area contributed by atoms with Crippen molar-refractivity contribution in [1.82, 2.24) is 5.16 Å². The Labute approximate surface area is 139 Å². The Balaban J connectivity index is 2.19. The van der Waals surface area contributed by atoms with E-state index in [0.29, 0.717) is 21.9 Å². The Morgan fingerprint density at radius 2 is 1.95 bits per heavy atom. The van der Waals surface area contributed by atoms with Gasteiger partial charge >= 0.3 is 0 Å². The molecule has 0 radical (unpaired) electrons. The van der Waals surface area contributed by atoms with Crippen LogP contribution in [0.15, 0.2) is 47.0 Å². The van der Waals surface area contributed by atoms with Crippen LogP contribution in [0.4, 0.5) is 10.2 Å². The summed E-state index contributed by atoms with van der Waals surface area (Å²) in [6.07, 6.45) is 0. The molecule has 0 aliphatic rings. The van der Waals surface area contributed by atoms with E-state index in [9.17, 15) is 4.39 Å². The van der Waals surface area contributed by atoms with Gasteiger partial charge < -0.3 is 10.3 Å². The lowest BCUT2D eigenvalue weighted by Gasteiger charge is -2.04. The van der Waals surface area contributed by atoms with E-state index in [1.165, 1.54) is 12.1 Å². The first-order valence-corrected chi connectivity index (χ1v) is 7.48. The minimum absolute atomic E-state index is 0.213. The Kier molecular flexibility index (Phi) is 3.86. The first-order valence-electron chi connectivity index (χ1n) is 6.03. The summed E-state index contributed by atoms with van der Waals surface area (Å²) in [7, 11) is 0. The first kappa shape index (κ1) is 14.3. The van der Waals surface area contributed by atoms with Crippen LogP contribution in [-0.4, -0.2) is 5.16 Å². The molecule has 0 fully saturated rings. The smallest absolute Gasteiger partial charge is 0.176 e. The topological polar surface area (TPSA) is 52.0 Å². The second-order valence-electron chi connectivity index (χ2n) is 4.41. The van der Waals surface area contributed by atoms with Crippen molar-refractivity contribution in [3.63, 3.8) is 0 Å². The summed E-state index contributed by atoms with van der Waals surface area (Å²) in [5.74, 6) is 0.335. The van der Waals surface area contributed by atoms with Crippen LogP contribution in [0.2, 0.25) is 5.02 Å². The van der Waals surface area contributed by atoms with Gasteiger partial charge in [-0.1, -0.05) is 28.9 Å². The molecule has 1 aromatic heterocycles. The molecule has 0 aliphatic carbocycles. The fourth-order valence-corrected chi connectivity index (χ4v) is 2.58. The van der Waals surface area contributed by atoms with E-state index in [1.807, 2.05) is 12.1 Å². The molecule has 2 N–H and O–H groups in total. The average molecular weight is 415 g/mol. The summed E-state index contributed by atoms with van der Waals surface area (Å²) in [5.41, 5.74) is 7.78. The number of hydrogen-bond acceptors (Lipinski definition) is 3. The summed E-state index contributed by atoms with van der Waals surface area (Å²) in [6.45, 7) is 0. The van der Waals surface area contributed by atoms with E-state index in [4.69, 9.17) is 21.9 Å². The zero-order valence-corrected chi connectivity index (χ0v) is 13.5. The number of rotatable bonds is 2. The van der Waals surface area contributed by atoms with E-state index in [1.54, 1.807) is 18.2 Å². The van der Waals surface area contributed by atoms with Crippen LogP contribution in [0.5, 0.6) is 0 Å². The van der Waals surface area contributed by atoms with Crippen molar-refractivity contribution in [2.75, 3.05) is 5.73 Å². The van der Waals surface area contributed by atoms with Crippen LogP contribution in [0, 0.1) is 9.39 Å². The van der Waals surface area contributed by atoms with Crippen LogP contribution >= 0.6 is 34.2 Å². The van der Waals surface area contributed by atoms with E-state index < -0.39 is 0 Å². The molecule has 0 saturated heterocycles. The van der Waals surface area contributed by atoms with Gasteiger partial charge in [-0.05, 0) is 58.5 Å². The molecule has 0 bridgehead atoms. The van der Waals surface area contributed by atoms with Gasteiger partial charge in [-0.15, -0.1) is 0 Å². The lowest BCUT2D eigenvalue weighted by Crippen LogP contribution is -1.89. The van der Waals surface area contributed by atoms with Crippen molar-refractivity contribution in [3.8, 4) is 22.5 Å². The Morgan fingerprint density at radius 1 is 1.14 bits per heavy atom. The highest BCUT2D eigenvalue weighted by Crippen LogP contribution is 2.38. The molecule has 0 atom stereocenters. The standard InChI is InChI=1S/C15H9ClFIN2O/c16-11-7-9(4-5-12(11)18)14-13(15(19)20-21-14)8-2-1-3-10(17)6-8/h1-7H,(H2,19,20). The quantitative estimate of drug-likeness (QED) is 0.601. The van der Waals surface area contributed by atoms with Crippen molar-refractivity contribution in [1.29, 1.82) is 0 Å². The first-order chi connectivity index (χ1) is 10.1. The zero-order chi connectivity index (χ0) is 15.0. The van der Waals surface area contributed by atoms with E-state index in [0.717, 1.165) is 9.13 Å². The zero-order valence-electron chi connectivity index (χ0n) is 10.6. The summed E-state index contributed by atoms with van der Waals surface area (Å²) < 4.78 is 19.7. The van der Waals surface area contributed by atoms with E-state index >= 15 is 0 Å². The van der Waals surface area contributed by atoms with Gasteiger partial charge in [0, 0.05) is 9.13 Å². The number of nitrogen functional groups attached to an aromatic ring is 1. The SMILES string of the molecule is Nc1noc(-c2ccc(I)c(Cl)c2)c1-c1cccc(F)c1. The molecule has 3 rings (SSSR count). The Bertz CT molecular complexity index is 819. The van der Waals surface area contributed by atoms with Crippen molar-refractivity contribution < 1.29 is 8.91 Å². The maximum absolute atomic E-state index is 13.4. The maximum atomic E-state index is 13.4. The molecule has 6 heteroatoms. The van der Waals surface area contributed by atoms with Crippen molar-refractivity contribution in [3.05, 3.63) is 56.9 Å². The van der Waals surface area contributed by atoms with Crippen LogP contribution in [0.1, 0.15) is 0 Å². The number of aromatic nitrogens is 1. The number of nitrogens with zero attached hydrogens (tertiary/aromatic N) is 1. The van der Waals surface area contributed by atoms with Crippen LogP contribution < -0.4 is 5.73 Å². The van der Waals surface area contributed by atoms with Gasteiger partial charge in [0.05, 0.1) is 10.6 Å². The van der Waals surface area contributed by atoms with Gasteiger partial charge in [0.1, 0.15) is 5.82 Å². The summed E-state index contributed by atoms with van der Waals surface area (Å²) >= 11 is 8.27. The number of halogens is 3. The predicted octanol–water partition coefficient (Wildman–Crippen LogP) is 4.99. The molecule has 0 amide bonds. The van der Waals surface area contributed by atoms with Gasteiger partial charge in [0.15, 0.2) is 11.6 Å². The second-order valence-corrected chi connectivity index (χ2v) is 5.98. The monoisotopic (exact) mass is 414 g/mol. The third-order valence-electron chi connectivity index (χ3n) is 3.01. The lowest BCUT2D eigenvalue weighted by molar-refractivity contribution is 0.436. The van der Waals surface area contributed by atoms with Gasteiger partial charge in [0.2, 0.25) is 0 Å². The number of anilines is 1. The molecule has 0 aliphatic heterocycles. The maximum Gasteiger partial charge on any atom is 0.176 e. The molecule has 21 heavy (non-hydrogen) atoms. The minimum Gasteiger partial charge on any atom is -0.380 e. The largest absolute Gasteiger partial charge is 0.380 e. The summed E-state index contributed by atoms with van der Waals surface area (Å²) in [6, 6.07) is 11.6. The van der Waals surface area contributed by atoms with Gasteiger partial charge in [-0.2, -0.15) is 0 Å². The normalized spacial score (nSPS) is 10.8. The fraction of sp³-hybridized carbons (Fsp3) is 0. The molecule has 3 nitrogen and oxygen atoms in total. The minimum atomic E-state index is -0.348. The molecule has 1 heterocycles. The Hall–Kier alpha value is -1.60. The molecule has 106 valence electrons. The van der Waals surface area contributed by atoms with Crippen molar-refractivity contribution in [2.45, 2.75) is 0 Å². The molecular weight excluding hydrogens is 406 g/mol. The number of hydrogen-bond donors (Lipinski definition) is 1. The van der Waals surface area contributed by atoms with E-state index in [-0.39, 0.29) is 11.6 Å². The second kappa shape index (κ2) is 5.65. The molecule has 0 saturated carbocycles. The summed E-state index contributed by atoms with van der Waals surface area (Å²) in [5, 5.41) is 4.39. The third kappa shape index (κ3) is 2.75. The predicted molar refractivity (Wildman–Crippen MR) is 89.5 cm³/mol. The fourth-order valence-electron chi connectivity index (χ4n) is 2.06. The van der Waals surface area contributed by atoms with Crippen molar-refractivity contribution in [2.24, 2.45) is 0 Å². The summed E-state index contributed by atoms with van der Waals surface area (Å²) in [4.78, 5) is 0. The van der Waals surface area contributed by atoms with Crippen LogP contribution in [0.3, 0.4) is 0 Å². The Morgan fingerprint density at radius 3 is 2.67 bits per heavy atom. The van der Waals surface area contributed by atoms with Gasteiger partial charge in [-0.3, -0.25) is 0 Å².